The Morgan fingerprint density at radius 2 is 1.76 bits per heavy atom. The Morgan fingerprint density at radius 1 is 1.10 bits per heavy atom. The molecule has 1 fully saturated rings. The van der Waals surface area contributed by atoms with Crippen LogP contribution in [0, 0.1) is 0 Å². The average Bonchev–Trinajstić information content (AvgIpc) is 2.70. The maximum atomic E-state index is 13.1. The molecule has 1 aliphatic rings. The molecular formula is C19H20Cl2N2O5S. The first-order chi connectivity index (χ1) is 13.7. The lowest BCUT2D eigenvalue weighted by atomic mass is 10.1. The first-order valence-corrected chi connectivity index (χ1v) is 11.1. The van der Waals surface area contributed by atoms with E-state index in [2.05, 4.69) is 4.72 Å². The predicted molar refractivity (Wildman–Crippen MR) is 113 cm³/mol. The number of nitrogens with zero attached hydrogens (tertiary/aromatic N) is 1. The van der Waals surface area contributed by atoms with Crippen molar-refractivity contribution in [2.75, 3.05) is 29.8 Å². The molecule has 0 aromatic heterocycles. The van der Waals surface area contributed by atoms with E-state index in [4.69, 9.17) is 27.9 Å². The van der Waals surface area contributed by atoms with Crippen LogP contribution in [0.3, 0.4) is 0 Å². The predicted octanol–water partition coefficient (Wildman–Crippen LogP) is 4.49. The zero-order valence-corrected chi connectivity index (χ0v) is 17.9. The lowest BCUT2D eigenvalue weighted by Gasteiger charge is -2.31. The van der Waals surface area contributed by atoms with Crippen LogP contribution in [0.2, 0.25) is 10.0 Å². The highest BCUT2D eigenvalue weighted by molar-refractivity contribution is 7.92. The molecule has 1 saturated heterocycles. The van der Waals surface area contributed by atoms with Crippen LogP contribution in [0.1, 0.15) is 29.6 Å². The van der Waals surface area contributed by atoms with E-state index >= 15 is 0 Å². The summed E-state index contributed by atoms with van der Waals surface area (Å²) < 4.78 is 33.7. The minimum atomic E-state index is -4.25. The molecule has 0 bridgehead atoms. The number of sulfonamides is 1. The number of methoxy groups -OCH3 is 1. The van der Waals surface area contributed by atoms with Gasteiger partial charge in [-0.05, 0) is 43.5 Å². The molecule has 1 heterocycles. The fourth-order valence-electron chi connectivity index (χ4n) is 3.24. The van der Waals surface area contributed by atoms with Gasteiger partial charge in [-0.25, -0.2) is 13.2 Å². The Kier molecular flexibility index (Phi) is 6.45. The van der Waals surface area contributed by atoms with Gasteiger partial charge in [-0.3, -0.25) is 4.72 Å². The minimum Gasteiger partial charge on any atom is -0.497 e. The third-order valence-corrected chi connectivity index (χ3v) is 6.82. The number of hydrogen-bond donors (Lipinski definition) is 2. The summed E-state index contributed by atoms with van der Waals surface area (Å²) in [6.45, 7) is 1.51. The second kappa shape index (κ2) is 8.69. The Labute approximate surface area is 179 Å². The molecule has 0 spiro atoms. The Balaban J connectivity index is 2.07. The standard InChI is InChI=1S/C19H20Cl2N2O5S/c1-28-12-5-6-13(19(24)25)18(9-12)29(26,27)22-16-10-14(20)15(21)11-17(16)23-7-3-2-4-8-23/h5-6,9-11,22H,2-4,7-8H2,1H3,(H,24,25). The third-order valence-electron chi connectivity index (χ3n) is 4.69. The van der Waals surface area contributed by atoms with Crippen molar-refractivity contribution in [3.63, 3.8) is 0 Å². The number of carboxylic acids is 1. The number of piperidine rings is 1. The van der Waals surface area contributed by atoms with Crippen LogP contribution in [-0.4, -0.2) is 39.7 Å². The molecular weight excluding hydrogens is 439 g/mol. The van der Waals surface area contributed by atoms with Crippen LogP contribution in [-0.2, 0) is 10.0 Å². The number of nitrogens with one attached hydrogen (secondary N) is 1. The number of carboxylic acid groups (broad SMARTS) is 1. The van der Waals surface area contributed by atoms with Crippen molar-refractivity contribution >= 4 is 50.6 Å². The first-order valence-electron chi connectivity index (χ1n) is 8.91. The molecule has 29 heavy (non-hydrogen) atoms. The second-order valence-electron chi connectivity index (χ2n) is 6.60. The van der Waals surface area contributed by atoms with Gasteiger partial charge in [0.15, 0.2) is 0 Å². The number of halogens is 2. The SMILES string of the molecule is COc1ccc(C(=O)O)c(S(=O)(=O)Nc2cc(Cl)c(Cl)cc2N2CCCCC2)c1. The summed E-state index contributed by atoms with van der Waals surface area (Å²) in [6, 6.07) is 6.81. The van der Waals surface area contributed by atoms with Crippen LogP contribution in [0.25, 0.3) is 0 Å². The molecule has 7 nitrogen and oxygen atoms in total. The summed E-state index contributed by atoms with van der Waals surface area (Å²) in [4.78, 5) is 13.2. The number of carbonyl (C=O) groups is 1. The summed E-state index contributed by atoms with van der Waals surface area (Å²) in [5, 5.41) is 9.92. The van der Waals surface area contributed by atoms with Crippen LogP contribution >= 0.6 is 23.2 Å². The van der Waals surface area contributed by atoms with E-state index < -0.39 is 20.9 Å². The molecule has 0 unspecified atom stereocenters. The summed E-state index contributed by atoms with van der Waals surface area (Å²) in [7, 11) is -2.88. The molecule has 0 amide bonds. The largest absolute Gasteiger partial charge is 0.497 e. The van der Waals surface area contributed by atoms with Crippen molar-refractivity contribution in [3.05, 3.63) is 45.9 Å². The van der Waals surface area contributed by atoms with Crippen LogP contribution < -0.4 is 14.4 Å². The van der Waals surface area contributed by atoms with Crippen LogP contribution in [0.5, 0.6) is 5.75 Å². The maximum Gasteiger partial charge on any atom is 0.337 e. The molecule has 10 heteroatoms. The van der Waals surface area contributed by atoms with E-state index in [0.29, 0.717) is 10.7 Å². The van der Waals surface area contributed by atoms with Crippen LogP contribution in [0.4, 0.5) is 11.4 Å². The van der Waals surface area contributed by atoms with Crippen molar-refractivity contribution in [1.29, 1.82) is 0 Å². The highest BCUT2D eigenvalue weighted by atomic mass is 35.5. The molecule has 3 rings (SSSR count). The molecule has 2 aromatic rings. The van der Waals surface area contributed by atoms with E-state index in [1.807, 2.05) is 4.90 Å². The number of anilines is 2. The zero-order valence-electron chi connectivity index (χ0n) is 15.6. The lowest BCUT2D eigenvalue weighted by molar-refractivity contribution is 0.0692. The minimum absolute atomic E-state index is 0.189. The quantitative estimate of drug-likeness (QED) is 0.661. The monoisotopic (exact) mass is 458 g/mol. The average molecular weight is 459 g/mol. The molecule has 0 saturated carbocycles. The van der Waals surface area contributed by atoms with Crippen molar-refractivity contribution in [2.45, 2.75) is 24.2 Å². The molecule has 1 aliphatic heterocycles. The summed E-state index contributed by atoms with van der Waals surface area (Å²) >= 11 is 12.3. The summed E-state index contributed by atoms with van der Waals surface area (Å²) in [5.74, 6) is -1.14. The van der Waals surface area contributed by atoms with E-state index in [1.165, 1.54) is 31.4 Å². The number of ether oxygens (including phenoxy) is 1. The van der Waals surface area contributed by atoms with Gasteiger partial charge < -0.3 is 14.7 Å². The highest BCUT2D eigenvalue weighted by Crippen LogP contribution is 2.37. The van der Waals surface area contributed by atoms with Crippen LogP contribution in [0.15, 0.2) is 35.2 Å². The number of benzene rings is 2. The van der Waals surface area contributed by atoms with E-state index in [-0.39, 0.29) is 22.0 Å². The molecule has 0 radical (unpaired) electrons. The van der Waals surface area contributed by atoms with Gasteiger partial charge in [0.25, 0.3) is 10.0 Å². The van der Waals surface area contributed by atoms with E-state index in [0.717, 1.165) is 32.4 Å². The topological polar surface area (TPSA) is 95.9 Å². The van der Waals surface area contributed by atoms with Gasteiger partial charge in [-0.15, -0.1) is 0 Å². The highest BCUT2D eigenvalue weighted by Gasteiger charge is 2.26. The number of aromatic carboxylic acids is 1. The lowest BCUT2D eigenvalue weighted by Crippen LogP contribution is -2.30. The third kappa shape index (κ3) is 4.71. The molecule has 2 aromatic carbocycles. The number of rotatable bonds is 6. The molecule has 156 valence electrons. The molecule has 2 N–H and O–H groups in total. The smallest absolute Gasteiger partial charge is 0.337 e. The number of hydrogen-bond acceptors (Lipinski definition) is 5. The van der Waals surface area contributed by atoms with Crippen molar-refractivity contribution in [3.8, 4) is 5.75 Å². The molecule has 0 aliphatic carbocycles. The first kappa shape index (κ1) is 21.5. The molecule has 0 atom stereocenters. The summed E-state index contributed by atoms with van der Waals surface area (Å²) in [6.07, 6.45) is 3.06. The van der Waals surface area contributed by atoms with Crippen molar-refractivity contribution in [2.24, 2.45) is 0 Å². The van der Waals surface area contributed by atoms with Gasteiger partial charge >= 0.3 is 5.97 Å². The fourth-order valence-corrected chi connectivity index (χ4v) is 4.84. The van der Waals surface area contributed by atoms with Gasteiger partial charge in [-0.1, -0.05) is 23.2 Å². The van der Waals surface area contributed by atoms with Crippen molar-refractivity contribution < 1.29 is 23.1 Å². The Hall–Kier alpha value is -2.16. The van der Waals surface area contributed by atoms with Gasteiger partial charge in [0.2, 0.25) is 0 Å². The van der Waals surface area contributed by atoms with Gasteiger partial charge in [0, 0.05) is 19.2 Å². The van der Waals surface area contributed by atoms with Crippen molar-refractivity contribution in [1.82, 2.24) is 0 Å². The zero-order chi connectivity index (χ0) is 21.2. The van der Waals surface area contributed by atoms with E-state index in [1.54, 1.807) is 6.07 Å². The Morgan fingerprint density at radius 3 is 2.38 bits per heavy atom. The van der Waals surface area contributed by atoms with Gasteiger partial charge in [0.05, 0.1) is 34.1 Å². The normalized spacial score (nSPS) is 14.5. The van der Waals surface area contributed by atoms with E-state index in [9.17, 15) is 18.3 Å². The second-order valence-corrected chi connectivity index (χ2v) is 9.07. The van der Waals surface area contributed by atoms with Gasteiger partial charge in [0.1, 0.15) is 10.6 Å². The fraction of sp³-hybridized carbons (Fsp3) is 0.316. The Bertz CT molecular complexity index is 1040. The summed E-state index contributed by atoms with van der Waals surface area (Å²) in [5.41, 5.74) is 0.473. The maximum absolute atomic E-state index is 13.1. The van der Waals surface area contributed by atoms with Gasteiger partial charge in [-0.2, -0.15) is 0 Å².